The van der Waals surface area contributed by atoms with Crippen molar-refractivity contribution >= 4 is 17.5 Å². The fourth-order valence-electron chi connectivity index (χ4n) is 1.78. The Morgan fingerprint density at radius 2 is 1.68 bits per heavy atom. The molecule has 1 aromatic carbocycles. The van der Waals surface area contributed by atoms with Crippen LogP contribution in [0.1, 0.15) is 29.8 Å². The van der Waals surface area contributed by atoms with E-state index in [-0.39, 0.29) is 17.7 Å². The van der Waals surface area contributed by atoms with Gasteiger partial charge in [0.1, 0.15) is 0 Å². The third kappa shape index (κ3) is 4.41. The predicted molar refractivity (Wildman–Crippen MR) is 85.3 cm³/mol. The van der Waals surface area contributed by atoms with Crippen LogP contribution in [0.4, 0.5) is 5.69 Å². The van der Waals surface area contributed by atoms with E-state index in [0.717, 1.165) is 11.3 Å². The van der Waals surface area contributed by atoms with Crippen LogP contribution < -0.4 is 10.6 Å². The lowest BCUT2D eigenvalue weighted by Crippen LogP contribution is -2.22. The zero-order valence-electron chi connectivity index (χ0n) is 12.7. The normalized spacial score (nSPS) is 10.3. The van der Waals surface area contributed by atoms with Gasteiger partial charge in [-0.3, -0.25) is 14.6 Å². The van der Waals surface area contributed by atoms with E-state index in [1.165, 1.54) is 0 Å². The van der Waals surface area contributed by atoms with Crippen LogP contribution in [-0.4, -0.2) is 16.8 Å². The van der Waals surface area contributed by atoms with Crippen molar-refractivity contribution in [3.8, 4) is 0 Å². The Morgan fingerprint density at radius 3 is 2.27 bits per heavy atom. The summed E-state index contributed by atoms with van der Waals surface area (Å²) in [7, 11) is 0. The molecule has 114 valence electrons. The second-order valence-electron chi connectivity index (χ2n) is 5.26. The van der Waals surface area contributed by atoms with Crippen molar-refractivity contribution in [1.29, 1.82) is 0 Å². The van der Waals surface area contributed by atoms with Gasteiger partial charge in [0.05, 0.1) is 0 Å². The summed E-state index contributed by atoms with van der Waals surface area (Å²) in [6.07, 6.45) is 3.17. The smallest absolute Gasteiger partial charge is 0.251 e. The maximum absolute atomic E-state index is 11.9. The second-order valence-corrected chi connectivity index (χ2v) is 5.26. The van der Waals surface area contributed by atoms with Crippen molar-refractivity contribution in [1.82, 2.24) is 10.3 Å². The number of hydrogen-bond donors (Lipinski definition) is 2. The summed E-state index contributed by atoms with van der Waals surface area (Å²) in [6, 6.07) is 10.7. The lowest BCUT2D eigenvalue weighted by molar-refractivity contribution is -0.118. The topological polar surface area (TPSA) is 71.1 Å². The highest BCUT2D eigenvalue weighted by Gasteiger charge is 2.07. The van der Waals surface area contributed by atoms with Gasteiger partial charge in [-0.1, -0.05) is 26.0 Å². The molecule has 2 rings (SSSR count). The third-order valence-corrected chi connectivity index (χ3v) is 3.14. The van der Waals surface area contributed by atoms with Crippen molar-refractivity contribution in [2.45, 2.75) is 20.4 Å². The Morgan fingerprint density at radius 1 is 1.05 bits per heavy atom. The number of carbonyl (C=O) groups is 2. The van der Waals surface area contributed by atoms with Crippen LogP contribution in [0.2, 0.25) is 0 Å². The van der Waals surface area contributed by atoms with Crippen LogP contribution in [0.25, 0.3) is 0 Å². The van der Waals surface area contributed by atoms with Crippen molar-refractivity contribution in [2.75, 3.05) is 5.32 Å². The summed E-state index contributed by atoms with van der Waals surface area (Å²) in [5.41, 5.74) is 2.30. The first kappa shape index (κ1) is 15.7. The third-order valence-electron chi connectivity index (χ3n) is 3.14. The van der Waals surface area contributed by atoms with Gasteiger partial charge in [-0.05, 0) is 29.8 Å². The number of nitrogens with zero attached hydrogens (tertiary/aromatic N) is 1. The van der Waals surface area contributed by atoms with Gasteiger partial charge in [0.25, 0.3) is 5.91 Å². The number of hydrogen-bond acceptors (Lipinski definition) is 3. The molecule has 1 aromatic heterocycles. The summed E-state index contributed by atoms with van der Waals surface area (Å²) in [5, 5.41) is 5.67. The van der Waals surface area contributed by atoms with E-state index < -0.39 is 0 Å². The molecule has 2 aromatic rings. The van der Waals surface area contributed by atoms with Crippen LogP contribution in [0.3, 0.4) is 0 Å². The summed E-state index contributed by atoms with van der Waals surface area (Å²) >= 11 is 0. The standard InChI is InChI=1S/C17H19N3O2/c1-12(2)16(21)20-15-5-3-13(4-6-15)11-19-17(22)14-7-9-18-10-8-14/h3-10,12H,11H2,1-2H3,(H,19,22)(H,20,21). The van der Waals surface area contributed by atoms with E-state index in [4.69, 9.17) is 0 Å². The molecular formula is C17H19N3O2. The zero-order valence-corrected chi connectivity index (χ0v) is 12.7. The summed E-state index contributed by atoms with van der Waals surface area (Å²) in [6.45, 7) is 4.12. The highest BCUT2D eigenvalue weighted by Crippen LogP contribution is 2.11. The maximum Gasteiger partial charge on any atom is 0.251 e. The fourth-order valence-corrected chi connectivity index (χ4v) is 1.78. The zero-order chi connectivity index (χ0) is 15.9. The quantitative estimate of drug-likeness (QED) is 0.891. The summed E-state index contributed by atoms with van der Waals surface area (Å²) in [5.74, 6) is -0.211. The second kappa shape index (κ2) is 7.36. The number of aromatic nitrogens is 1. The molecule has 0 fully saturated rings. The minimum absolute atomic E-state index is 0.0151. The van der Waals surface area contributed by atoms with Gasteiger partial charge in [0.2, 0.25) is 5.91 Å². The predicted octanol–water partition coefficient (Wildman–Crippen LogP) is 2.61. The van der Waals surface area contributed by atoms with E-state index in [9.17, 15) is 9.59 Å². The van der Waals surface area contributed by atoms with Crippen LogP contribution in [0.5, 0.6) is 0 Å². The molecule has 0 saturated heterocycles. The van der Waals surface area contributed by atoms with E-state index >= 15 is 0 Å². The van der Waals surface area contributed by atoms with E-state index in [2.05, 4.69) is 15.6 Å². The minimum atomic E-state index is -0.139. The Hall–Kier alpha value is -2.69. The summed E-state index contributed by atoms with van der Waals surface area (Å²) < 4.78 is 0. The number of anilines is 1. The highest BCUT2D eigenvalue weighted by molar-refractivity contribution is 5.94. The van der Waals surface area contributed by atoms with Crippen LogP contribution in [0, 0.1) is 5.92 Å². The Kier molecular flexibility index (Phi) is 5.25. The van der Waals surface area contributed by atoms with Gasteiger partial charge in [0.15, 0.2) is 0 Å². The molecule has 0 unspecified atom stereocenters. The largest absolute Gasteiger partial charge is 0.348 e. The van der Waals surface area contributed by atoms with Crippen molar-refractivity contribution in [3.05, 3.63) is 59.9 Å². The molecule has 0 aliphatic carbocycles. The number of amides is 2. The molecule has 0 aliphatic heterocycles. The molecule has 0 saturated carbocycles. The van der Waals surface area contributed by atoms with Crippen LogP contribution in [-0.2, 0) is 11.3 Å². The lowest BCUT2D eigenvalue weighted by atomic mass is 10.1. The molecule has 2 amide bonds. The molecule has 5 nitrogen and oxygen atoms in total. The van der Waals surface area contributed by atoms with Crippen molar-refractivity contribution in [2.24, 2.45) is 5.92 Å². The van der Waals surface area contributed by atoms with E-state index in [0.29, 0.717) is 12.1 Å². The van der Waals surface area contributed by atoms with Crippen LogP contribution in [0.15, 0.2) is 48.8 Å². The van der Waals surface area contributed by atoms with Crippen LogP contribution >= 0.6 is 0 Å². The van der Waals surface area contributed by atoms with Gasteiger partial charge >= 0.3 is 0 Å². The average Bonchev–Trinajstić information content (AvgIpc) is 2.54. The fraction of sp³-hybridized carbons (Fsp3) is 0.235. The Labute approximate surface area is 129 Å². The molecule has 2 N–H and O–H groups in total. The first-order valence-electron chi connectivity index (χ1n) is 7.14. The molecule has 0 aliphatic rings. The SMILES string of the molecule is CC(C)C(=O)Nc1ccc(CNC(=O)c2ccncc2)cc1. The van der Waals surface area contributed by atoms with Crippen molar-refractivity contribution in [3.63, 3.8) is 0 Å². The Balaban J connectivity index is 1.89. The first-order chi connectivity index (χ1) is 10.6. The number of pyridine rings is 1. The van der Waals surface area contributed by atoms with E-state index in [1.54, 1.807) is 24.5 Å². The molecule has 22 heavy (non-hydrogen) atoms. The molecule has 5 heteroatoms. The number of rotatable bonds is 5. The van der Waals surface area contributed by atoms with Gasteiger partial charge in [-0.15, -0.1) is 0 Å². The summed E-state index contributed by atoms with van der Waals surface area (Å²) in [4.78, 5) is 27.4. The molecule has 0 radical (unpaired) electrons. The number of nitrogens with one attached hydrogen (secondary N) is 2. The first-order valence-corrected chi connectivity index (χ1v) is 7.14. The van der Waals surface area contributed by atoms with Crippen molar-refractivity contribution < 1.29 is 9.59 Å². The van der Waals surface area contributed by atoms with Gasteiger partial charge in [-0.2, -0.15) is 0 Å². The molecular weight excluding hydrogens is 278 g/mol. The molecule has 0 atom stereocenters. The number of carbonyl (C=O) groups excluding carboxylic acids is 2. The van der Waals surface area contributed by atoms with Gasteiger partial charge in [0, 0.05) is 36.1 Å². The van der Waals surface area contributed by atoms with E-state index in [1.807, 2.05) is 38.1 Å². The monoisotopic (exact) mass is 297 g/mol. The maximum atomic E-state index is 11.9. The lowest BCUT2D eigenvalue weighted by Gasteiger charge is -2.09. The Bertz CT molecular complexity index is 637. The van der Waals surface area contributed by atoms with Gasteiger partial charge in [-0.25, -0.2) is 0 Å². The molecule has 1 heterocycles. The molecule has 0 spiro atoms. The minimum Gasteiger partial charge on any atom is -0.348 e. The number of benzene rings is 1. The van der Waals surface area contributed by atoms with Gasteiger partial charge < -0.3 is 10.6 Å². The highest BCUT2D eigenvalue weighted by atomic mass is 16.2. The molecule has 0 bridgehead atoms. The average molecular weight is 297 g/mol.